The van der Waals surface area contributed by atoms with Gasteiger partial charge in [-0.1, -0.05) is 13.3 Å². The first-order chi connectivity index (χ1) is 9.26. The molecule has 1 aromatic heterocycles. The third-order valence-corrected chi connectivity index (χ3v) is 3.80. The molecule has 3 nitrogen and oxygen atoms in total. The summed E-state index contributed by atoms with van der Waals surface area (Å²) < 4.78 is 13.4. The molecule has 1 N–H and O–H groups in total. The van der Waals surface area contributed by atoms with Crippen LogP contribution in [-0.2, 0) is 6.54 Å². The molecule has 1 aromatic rings. The van der Waals surface area contributed by atoms with E-state index < -0.39 is 0 Å². The normalized spacial score (nSPS) is 19.7. The molecule has 1 atom stereocenters. The predicted octanol–water partition coefficient (Wildman–Crippen LogP) is 3.10. The maximum atomic E-state index is 13.4. The maximum Gasteiger partial charge on any atom is 0.141 e. The van der Waals surface area contributed by atoms with Crippen molar-refractivity contribution in [1.82, 2.24) is 10.3 Å². The summed E-state index contributed by atoms with van der Waals surface area (Å²) in [5.41, 5.74) is 0.963. The first kappa shape index (κ1) is 14.3. The van der Waals surface area contributed by atoms with E-state index in [4.69, 9.17) is 0 Å². The Morgan fingerprint density at radius 3 is 3.05 bits per heavy atom. The molecular weight excluding hydrogens is 241 g/mol. The van der Waals surface area contributed by atoms with Gasteiger partial charge < -0.3 is 10.2 Å². The van der Waals surface area contributed by atoms with E-state index in [1.54, 1.807) is 6.07 Å². The molecule has 0 radical (unpaired) electrons. The molecular formula is C15H24FN3. The molecule has 4 heteroatoms. The van der Waals surface area contributed by atoms with Gasteiger partial charge in [0, 0.05) is 24.7 Å². The number of nitrogens with zero attached hydrogens (tertiary/aromatic N) is 2. The number of hydrogen-bond acceptors (Lipinski definition) is 3. The molecule has 1 unspecified atom stereocenters. The standard InChI is InChI=1S/C15H24FN3/c1-3-6-14-7-4-5-8-19(14)15-12(10-17-2)9-13(16)11-18-15/h9,11,14,17H,3-8,10H2,1-2H3. The van der Waals surface area contributed by atoms with Gasteiger partial charge in [-0.3, -0.25) is 0 Å². The second-order valence-electron chi connectivity index (χ2n) is 5.30. The van der Waals surface area contributed by atoms with Gasteiger partial charge in [0.05, 0.1) is 6.20 Å². The molecule has 1 fully saturated rings. The fraction of sp³-hybridized carbons (Fsp3) is 0.667. The Bertz CT molecular complexity index is 406. The van der Waals surface area contributed by atoms with E-state index in [9.17, 15) is 4.39 Å². The number of pyridine rings is 1. The minimum absolute atomic E-state index is 0.252. The second kappa shape index (κ2) is 6.85. The molecule has 2 rings (SSSR count). The molecule has 0 saturated carbocycles. The van der Waals surface area contributed by atoms with Gasteiger partial charge in [-0.25, -0.2) is 9.37 Å². The van der Waals surface area contributed by atoms with Crippen LogP contribution in [0.15, 0.2) is 12.3 Å². The van der Waals surface area contributed by atoms with Crippen molar-refractivity contribution in [3.63, 3.8) is 0 Å². The van der Waals surface area contributed by atoms with Gasteiger partial charge in [-0.05, 0) is 38.8 Å². The highest BCUT2D eigenvalue weighted by Crippen LogP contribution is 2.28. The van der Waals surface area contributed by atoms with Crippen LogP contribution >= 0.6 is 0 Å². The third kappa shape index (κ3) is 3.44. The largest absolute Gasteiger partial charge is 0.353 e. The Balaban J connectivity index is 2.27. The predicted molar refractivity (Wildman–Crippen MR) is 76.9 cm³/mol. The van der Waals surface area contributed by atoms with Gasteiger partial charge in [0.15, 0.2) is 0 Å². The summed E-state index contributed by atoms with van der Waals surface area (Å²) in [5, 5.41) is 3.10. The molecule has 1 aliphatic rings. The van der Waals surface area contributed by atoms with Crippen LogP contribution in [0.5, 0.6) is 0 Å². The summed E-state index contributed by atoms with van der Waals surface area (Å²) in [6, 6.07) is 2.17. The lowest BCUT2D eigenvalue weighted by Gasteiger charge is -2.37. The summed E-state index contributed by atoms with van der Waals surface area (Å²) in [4.78, 5) is 6.75. The number of rotatable bonds is 5. The molecule has 19 heavy (non-hydrogen) atoms. The first-order valence-electron chi connectivity index (χ1n) is 7.32. The topological polar surface area (TPSA) is 28.2 Å². The van der Waals surface area contributed by atoms with Gasteiger partial charge in [-0.15, -0.1) is 0 Å². The van der Waals surface area contributed by atoms with E-state index in [0.717, 1.165) is 17.9 Å². The molecule has 0 spiro atoms. The van der Waals surface area contributed by atoms with Crippen LogP contribution in [0.4, 0.5) is 10.2 Å². The van der Waals surface area contributed by atoms with Crippen molar-refractivity contribution in [3.8, 4) is 0 Å². The fourth-order valence-electron chi connectivity index (χ4n) is 2.97. The van der Waals surface area contributed by atoms with E-state index in [-0.39, 0.29) is 5.82 Å². The van der Waals surface area contributed by atoms with Crippen LogP contribution < -0.4 is 10.2 Å². The second-order valence-corrected chi connectivity index (χ2v) is 5.30. The number of piperidine rings is 1. The molecule has 1 aliphatic heterocycles. The van der Waals surface area contributed by atoms with Crippen LogP contribution in [0.1, 0.15) is 44.6 Å². The number of aromatic nitrogens is 1. The average molecular weight is 265 g/mol. The van der Waals surface area contributed by atoms with E-state index in [0.29, 0.717) is 12.6 Å². The highest BCUT2D eigenvalue weighted by molar-refractivity contribution is 5.48. The van der Waals surface area contributed by atoms with Crippen molar-refractivity contribution in [3.05, 3.63) is 23.6 Å². The van der Waals surface area contributed by atoms with Gasteiger partial charge in [0.2, 0.25) is 0 Å². The van der Waals surface area contributed by atoms with Gasteiger partial charge in [0.1, 0.15) is 11.6 Å². The van der Waals surface area contributed by atoms with Gasteiger partial charge in [0.25, 0.3) is 0 Å². The fourth-order valence-corrected chi connectivity index (χ4v) is 2.97. The average Bonchev–Trinajstić information content (AvgIpc) is 2.41. The molecule has 2 heterocycles. The first-order valence-corrected chi connectivity index (χ1v) is 7.32. The molecule has 106 valence electrons. The molecule has 0 amide bonds. The van der Waals surface area contributed by atoms with Crippen LogP contribution in [0.25, 0.3) is 0 Å². The SMILES string of the molecule is CCCC1CCCCN1c1ncc(F)cc1CNC. The molecule has 0 aromatic carbocycles. The molecule has 0 aliphatic carbocycles. The van der Waals surface area contributed by atoms with Crippen molar-refractivity contribution < 1.29 is 4.39 Å². The van der Waals surface area contributed by atoms with Crippen molar-refractivity contribution in [2.75, 3.05) is 18.5 Å². The lowest BCUT2D eigenvalue weighted by atomic mass is 9.97. The summed E-state index contributed by atoms with van der Waals surface area (Å²) in [7, 11) is 1.88. The minimum atomic E-state index is -0.252. The van der Waals surface area contributed by atoms with Crippen molar-refractivity contribution in [2.24, 2.45) is 0 Å². The number of halogens is 1. The number of anilines is 1. The summed E-state index contributed by atoms with van der Waals surface area (Å²) >= 11 is 0. The van der Waals surface area contributed by atoms with E-state index in [1.165, 1.54) is 38.3 Å². The Hall–Kier alpha value is -1.16. The zero-order valence-corrected chi connectivity index (χ0v) is 12.0. The number of nitrogens with one attached hydrogen (secondary N) is 1. The highest BCUT2D eigenvalue weighted by Gasteiger charge is 2.24. The Labute approximate surface area is 115 Å². The highest BCUT2D eigenvalue weighted by atomic mass is 19.1. The monoisotopic (exact) mass is 265 g/mol. The van der Waals surface area contributed by atoms with Crippen LogP contribution in [0.3, 0.4) is 0 Å². The Kier molecular flexibility index (Phi) is 5.14. The molecule has 0 bridgehead atoms. The number of hydrogen-bond donors (Lipinski definition) is 1. The Morgan fingerprint density at radius 1 is 1.47 bits per heavy atom. The maximum absolute atomic E-state index is 13.4. The van der Waals surface area contributed by atoms with Crippen molar-refractivity contribution >= 4 is 5.82 Å². The summed E-state index contributed by atoms with van der Waals surface area (Å²) in [6.07, 6.45) is 7.45. The summed E-state index contributed by atoms with van der Waals surface area (Å²) in [6.45, 7) is 3.93. The van der Waals surface area contributed by atoms with E-state index in [1.807, 2.05) is 7.05 Å². The van der Waals surface area contributed by atoms with Crippen molar-refractivity contribution in [2.45, 2.75) is 51.6 Å². The van der Waals surface area contributed by atoms with E-state index >= 15 is 0 Å². The van der Waals surface area contributed by atoms with Crippen LogP contribution in [0, 0.1) is 5.82 Å². The van der Waals surface area contributed by atoms with Crippen molar-refractivity contribution in [1.29, 1.82) is 0 Å². The van der Waals surface area contributed by atoms with Gasteiger partial charge in [-0.2, -0.15) is 0 Å². The lowest BCUT2D eigenvalue weighted by molar-refractivity contribution is 0.430. The third-order valence-electron chi connectivity index (χ3n) is 3.80. The van der Waals surface area contributed by atoms with Gasteiger partial charge >= 0.3 is 0 Å². The summed E-state index contributed by atoms with van der Waals surface area (Å²) in [5.74, 6) is 0.715. The quantitative estimate of drug-likeness (QED) is 0.886. The lowest BCUT2D eigenvalue weighted by Crippen LogP contribution is -2.40. The minimum Gasteiger partial charge on any atom is -0.353 e. The van der Waals surface area contributed by atoms with Crippen LogP contribution in [0.2, 0.25) is 0 Å². The smallest absolute Gasteiger partial charge is 0.141 e. The Morgan fingerprint density at radius 2 is 2.32 bits per heavy atom. The van der Waals surface area contributed by atoms with E-state index in [2.05, 4.69) is 22.1 Å². The van der Waals surface area contributed by atoms with Crippen LogP contribution in [-0.4, -0.2) is 24.6 Å². The zero-order valence-electron chi connectivity index (χ0n) is 12.0. The molecule has 1 saturated heterocycles. The zero-order chi connectivity index (χ0) is 13.7.